The van der Waals surface area contributed by atoms with Crippen molar-refractivity contribution in [2.45, 2.75) is 25.3 Å². The van der Waals surface area contributed by atoms with Gasteiger partial charge in [-0.25, -0.2) is 0 Å². The van der Waals surface area contributed by atoms with Gasteiger partial charge in [0.05, 0.1) is 11.6 Å². The number of nitrogens with zero attached hydrogens (tertiary/aromatic N) is 1. The summed E-state index contributed by atoms with van der Waals surface area (Å²) in [4.78, 5) is 13.7. The van der Waals surface area contributed by atoms with Gasteiger partial charge in [-0.1, -0.05) is 23.2 Å². The summed E-state index contributed by atoms with van der Waals surface area (Å²) in [6.45, 7) is 1.89. The maximum Gasteiger partial charge on any atom is 0.222 e. The second-order valence-electron chi connectivity index (χ2n) is 4.92. The molecule has 4 nitrogen and oxygen atoms in total. The zero-order valence-corrected chi connectivity index (χ0v) is 13.9. The van der Waals surface area contributed by atoms with Gasteiger partial charge in [0.15, 0.2) is 0 Å². The van der Waals surface area contributed by atoms with Crippen LogP contribution in [0.15, 0.2) is 18.2 Å². The van der Waals surface area contributed by atoms with E-state index >= 15 is 0 Å². The van der Waals surface area contributed by atoms with E-state index in [1.54, 1.807) is 18.2 Å². The number of carbonyl (C=O) groups is 1. The van der Waals surface area contributed by atoms with E-state index < -0.39 is 0 Å². The molecule has 1 saturated heterocycles. The first-order chi connectivity index (χ1) is 9.56. The number of hydrogen-bond donors (Lipinski definition) is 1. The lowest BCUT2D eigenvalue weighted by Gasteiger charge is -2.15. The monoisotopic (exact) mass is 352 g/mol. The number of nitrogens with two attached hydrogens (primary N) is 1. The molecule has 0 radical (unpaired) electrons. The first kappa shape index (κ1) is 18.4. The highest BCUT2D eigenvalue weighted by Gasteiger charge is 2.22. The van der Waals surface area contributed by atoms with Crippen LogP contribution in [0, 0.1) is 0 Å². The van der Waals surface area contributed by atoms with Crippen molar-refractivity contribution in [3.8, 4) is 5.75 Å². The van der Waals surface area contributed by atoms with Gasteiger partial charge in [-0.2, -0.15) is 0 Å². The lowest BCUT2D eigenvalue weighted by Crippen LogP contribution is -2.31. The topological polar surface area (TPSA) is 55.6 Å². The SMILES string of the molecule is Cl.N[C@@H]1CCN(C(=O)CCCOc2ccc(Cl)cc2Cl)C1. The molecule has 1 amide bonds. The van der Waals surface area contributed by atoms with Gasteiger partial charge in [-0.05, 0) is 31.0 Å². The zero-order valence-electron chi connectivity index (χ0n) is 11.6. The highest BCUT2D eigenvalue weighted by atomic mass is 35.5. The van der Waals surface area contributed by atoms with Crippen LogP contribution < -0.4 is 10.5 Å². The average molecular weight is 354 g/mol. The van der Waals surface area contributed by atoms with Crippen LogP contribution in [0.4, 0.5) is 0 Å². The Hall–Kier alpha value is -0.680. The van der Waals surface area contributed by atoms with Gasteiger partial charge >= 0.3 is 0 Å². The summed E-state index contributed by atoms with van der Waals surface area (Å²) in [7, 11) is 0. The minimum absolute atomic E-state index is 0. The highest BCUT2D eigenvalue weighted by molar-refractivity contribution is 6.35. The number of likely N-dealkylation sites (tertiary alicyclic amines) is 1. The lowest BCUT2D eigenvalue weighted by atomic mass is 10.3. The maximum absolute atomic E-state index is 11.9. The smallest absolute Gasteiger partial charge is 0.222 e. The molecule has 0 saturated carbocycles. The Balaban J connectivity index is 0.00000220. The molecule has 1 atom stereocenters. The summed E-state index contributed by atoms with van der Waals surface area (Å²) in [6.07, 6.45) is 2.02. The number of carbonyl (C=O) groups excluding carboxylic acids is 1. The first-order valence-corrected chi connectivity index (χ1v) is 7.43. The molecule has 1 aliphatic rings. The molecule has 1 fully saturated rings. The van der Waals surface area contributed by atoms with Crippen molar-refractivity contribution in [1.29, 1.82) is 0 Å². The third-order valence-electron chi connectivity index (χ3n) is 3.26. The number of halogens is 3. The molecule has 0 aliphatic carbocycles. The summed E-state index contributed by atoms with van der Waals surface area (Å²) >= 11 is 11.8. The molecular weight excluding hydrogens is 335 g/mol. The molecule has 1 heterocycles. The van der Waals surface area contributed by atoms with Crippen molar-refractivity contribution in [2.24, 2.45) is 5.73 Å². The van der Waals surface area contributed by atoms with Crippen LogP contribution in [0.3, 0.4) is 0 Å². The number of hydrogen-bond acceptors (Lipinski definition) is 3. The molecule has 1 aromatic rings. The molecule has 2 N–H and O–H groups in total. The summed E-state index contributed by atoms with van der Waals surface area (Å²) in [5, 5.41) is 1.05. The van der Waals surface area contributed by atoms with Gasteiger partial charge in [0.25, 0.3) is 0 Å². The number of benzene rings is 1. The minimum atomic E-state index is 0. The fraction of sp³-hybridized carbons (Fsp3) is 0.500. The molecule has 0 unspecified atom stereocenters. The third kappa shape index (κ3) is 5.55. The van der Waals surface area contributed by atoms with Gasteiger partial charge in [-0.15, -0.1) is 12.4 Å². The molecule has 21 heavy (non-hydrogen) atoms. The molecule has 1 aromatic carbocycles. The van der Waals surface area contributed by atoms with Crippen LogP contribution in [0.5, 0.6) is 5.75 Å². The van der Waals surface area contributed by atoms with Gasteiger partial charge in [-0.3, -0.25) is 4.79 Å². The first-order valence-electron chi connectivity index (χ1n) is 6.67. The van der Waals surface area contributed by atoms with Crippen molar-refractivity contribution < 1.29 is 9.53 Å². The Kier molecular flexibility index (Phi) is 7.60. The highest BCUT2D eigenvalue weighted by Crippen LogP contribution is 2.27. The lowest BCUT2D eigenvalue weighted by molar-refractivity contribution is -0.130. The Morgan fingerprint density at radius 3 is 2.81 bits per heavy atom. The Bertz CT molecular complexity index is 485. The zero-order chi connectivity index (χ0) is 14.5. The molecule has 0 spiro atoms. The normalized spacial score (nSPS) is 17.5. The minimum Gasteiger partial charge on any atom is -0.492 e. The van der Waals surface area contributed by atoms with Gasteiger partial charge in [0.2, 0.25) is 5.91 Å². The molecule has 0 aromatic heterocycles. The van der Waals surface area contributed by atoms with E-state index in [1.807, 2.05) is 4.90 Å². The van der Waals surface area contributed by atoms with Gasteiger partial charge in [0.1, 0.15) is 5.75 Å². The molecule has 118 valence electrons. The predicted molar refractivity (Wildman–Crippen MR) is 87.6 cm³/mol. The van der Waals surface area contributed by atoms with E-state index in [2.05, 4.69) is 0 Å². The summed E-state index contributed by atoms with van der Waals surface area (Å²) < 4.78 is 5.54. The van der Waals surface area contributed by atoms with Crippen molar-refractivity contribution in [1.82, 2.24) is 4.90 Å². The molecule has 7 heteroatoms. The quantitative estimate of drug-likeness (QED) is 0.827. The van der Waals surface area contributed by atoms with Crippen molar-refractivity contribution in [3.63, 3.8) is 0 Å². The second-order valence-corrected chi connectivity index (χ2v) is 5.76. The van der Waals surface area contributed by atoms with Crippen LogP contribution in [0.2, 0.25) is 10.0 Å². The summed E-state index contributed by atoms with van der Waals surface area (Å²) in [6, 6.07) is 5.21. The Labute approximate surface area is 140 Å². The number of ether oxygens (including phenoxy) is 1. The number of rotatable bonds is 5. The van der Waals surface area contributed by atoms with Crippen molar-refractivity contribution >= 4 is 41.5 Å². The van der Waals surface area contributed by atoms with E-state index in [1.165, 1.54) is 0 Å². The molecular formula is C14H19Cl3N2O2. The Morgan fingerprint density at radius 1 is 1.43 bits per heavy atom. The molecule has 0 bridgehead atoms. The van der Waals surface area contributed by atoms with Crippen LogP contribution in [-0.2, 0) is 4.79 Å². The fourth-order valence-electron chi connectivity index (χ4n) is 2.17. The summed E-state index contributed by atoms with van der Waals surface area (Å²) in [5.41, 5.74) is 5.78. The second kappa shape index (κ2) is 8.69. The fourth-order valence-corrected chi connectivity index (χ4v) is 2.63. The van der Waals surface area contributed by atoms with E-state index in [-0.39, 0.29) is 24.4 Å². The third-order valence-corrected chi connectivity index (χ3v) is 3.79. The molecule has 1 aliphatic heterocycles. The largest absolute Gasteiger partial charge is 0.492 e. The van der Waals surface area contributed by atoms with E-state index in [4.69, 9.17) is 33.7 Å². The predicted octanol–water partition coefficient (Wildman–Crippen LogP) is 3.13. The molecule has 2 rings (SSSR count). The van der Waals surface area contributed by atoms with Crippen LogP contribution in [0.25, 0.3) is 0 Å². The van der Waals surface area contributed by atoms with E-state index in [0.717, 1.165) is 13.0 Å². The summed E-state index contributed by atoms with van der Waals surface area (Å²) in [5.74, 6) is 0.732. The Morgan fingerprint density at radius 2 is 2.19 bits per heavy atom. The van der Waals surface area contributed by atoms with Crippen LogP contribution in [-0.4, -0.2) is 36.5 Å². The van der Waals surface area contributed by atoms with Crippen LogP contribution >= 0.6 is 35.6 Å². The number of amides is 1. The standard InChI is InChI=1S/C14H18Cl2N2O2.ClH/c15-10-3-4-13(12(16)8-10)20-7-1-2-14(19)18-6-5-11(17)9-18;/h3-4,8,11H,1-2,5-7,9,17H2;1H/t11-;/m1./s1. The van der Waals surface area contributed by atoms with Crippen molar-refractivity contribution in [2.75, 3.05) is 19.7 Å². The average Bonchev–Trinajstić information content (AvgIpc) is 2.83. The van der Waals surface area contributed by atoms with Gasteiger partial charge < -0.3 is 15.4 Å². The maximum atomic E-state index is 11.9. The van der Waals surface area contributed by atoms with E-state index in [9.17, 15) is 4.79 Å². The van der Waals surface area contributed by atoms with Crippen LogP contribution in [0.1, 0.15) is 19.3 Å². The van der Waals surface area contributed by atoms with Crippen molar-refractivity contribution in [3.05, 3.63) is 28.2 Å². The van der Waals surface area contributed by atoms with Gasteiger partial charge in [0, 0.05) is 30.6 Å². The van der Waals surface area contributed by atoms with E-state index in [0.29, 0.717) is 41.8 Å².